The number of hydrogen-bond acceptors (Lipinski definition) is 7. The van der Waals surface area contributed by atoms with Gasteiger partial charge in [-0.15, -0.1) is 0 Å². The molecular formula is C14H18KN4O3S+. The van der Waals surface area contributed by atoms with Crippen molar-refractivity contribution in [1.29, 1.82) is 0 Å². The number of nitrogen functional groups attached to an aromatic ring is 2. The van der Waals surface area contributed by atoms with E-state index in [1.165, 1.54) is 0 Å². The van der Waals surface area contributed by atoms with Gasteiger partial charge in [-0.25, -0.2) is 4.98 Å². The van der Waals surface area contributed by atoms with Crippen LogP contribution in [-0.2, 0) is 6.42 Å². The molecule has 0 aliphatic rings. The van der Waals surface area contributed by atoms with E-state index in [-0.39, 0.29) is 56.2 Å². The fourth-order valence-corrected chi connectivity index (χ4v) is 2.37. The molecule has 0 saturated carbocycles. The Kier molecular flexibility index (Phi) is 7.78. The summed E-state index contributed by atoms with van der Waals surface area (Å²) < 4.78 is 16.2. The number of aromatic nitrogens is 2. The number of nitrogens with one attached hydrogen (secondary N) is 1. The van der Waals surface area contributed by atoms with E-state index in [0.717, 1.165) is 5.56 Å². The minimum atomic E-state index is 0. The van der Waals surface area contributed by atoms with Crippen LogP contribution in [0.15, 0.2) is 12.1 Å². The van der Waals surface area contributed by atoms with Gasteiger partial charge in [-0.1, -0.05) is 0 Å². The van der Waals surface area contributed by atoms with Crippen molar-refractivity contribution in [3.05, 3.63) is 28.0 Å². The van der Waals surface area contributed by atoms with Crippen molar-refractivity contribution < 1.29 is 65.6 Å². The molecule has 1 aromatic carbocycles. The van der Waals surface area contributed by atoms with Gasteiger partial charge in [-0.2, -0.15) is 0 Å². The Hall–Kier alpha value is -0.844. The van der Waals surface area contributed by atoms with Gasteiger partial charge in [0.05, 0.1) is 21.3 Å². The van der Waals surface area contributed by atoms with Crippen molar-refractivity contribution in [2.24, 2.45) is 0 Å². The molecule has 23 heavy (non-hydrogen) atoms. The van der Waals surface area contributed by atoms with Gasteiger partial charge >= 0.3 is 51.4 Å². The first kappa shape index (κ1) is 20.2. The maximum Gasteiger partial charge on any atom is 1.00 e. The summed E-state index contributed by atoms with van der Waals surface area (Å²) in [4.78, 5) is 6.81. The van der Waals surface area contributed by atoms with Crippen molar-refractivity contribution >= 4 is 23.9 Å². The van der Waals surface area contributed by atoms with Gasteiger partial charge in [0.25, 0.3) is 0 Å². The van der Waals surface area contributed by atoms with Crippen LogP contribution in [0.3, 0.4) is 0 Å². The molecule has 1 aromatic heterocycles. The first-order valence-corrected chi connectivity index (χ1v) is 6.84. The quantitative estimate of drug-likeness (QED) is 0.459. The Bertz CT molecular complexity index is 700. The molecule has 0 amide bonds. The van der Waals surface area contributed by atoms with Gasteiger partial charge in [0.1, 0.15) is 11.6 Å². The van der Waals surface area contributed by atoms with E-state index in [9.17, 15) is 0 Å². The number of aromatic amines is 1. The molecule has 0 saturated heterocycles. The minimum absolute atomic E-state index is 0. The largest absolute Gasteiger partial charge is 1.00 e. The van der Waals surface area contributed by atoms with Crippen LogP contribution in [0.25, 0.3) is 0 Å². The number of nitrogens with two attached hydrogens (primary N) is 2. The third-order valence-electron chi connectivity index (χ3n) is 3.20. The molecule has 2 aromatic rings. The second kappa shape index (κ2) is 8.85. The van der Waals surface area contributed by atoms with Crippen LogP contribution in [0.2, 0.25) is 0 Å². The number of anilines is 2. The molecule has 0 aliphatic heterocycles. The molecule has 1 heterocycles. The molecule has 118 valence electrons. The average molecular weight is 361 g/mol. The number of methoxy groups -OCH3 is 3. The van der Waals surface area contributed by atoms with Crippen LogP contribution in [-0.4, -0.2) is 31.3 Å². The number of benzene rings is 1. The molecule has 0 unspecified atom stereocenters. The first-order valence-electron chi connectivity index (χ1n) is 6.43. The van der Waals surface area contributed by atoms with Crippen molar-refractivity contribution in [1.82, 2.24) is 9.97 Å². The van der Waals surface area contributed by atoms with Crippen LogP contribution >= 0.6 is 12.2 Å². The standard InChI is InChI=1S/C14H18N4O3S.K/c1-19-9-5-7(6-10(20-2)11(9)21-3)4-8-12(15)17-14(22)18-13(8)16;/h5-6H,4H2,1-3H3,(H5,15,16,17,18,22);/q;+1. The Morgan fingerprint density at radius 2 is 1.65 bits per heavy atom. The van der Waals surface area contributed by atoms with Crippen molar-refractivity contribution in [3.63, 3.8) is 0 Å². The first-order chi connectivity index (χ1) is 10.5. The summed E-state index contributed by atoms with van der Waals surface area (Å²) in [7, 11) is 4.67. The van der Waals surface area contributed by atoms with E-state index in [4.69, 9.17) is 37.9 Å². The molecule has 0 fully saturated rings. The molecule has 0 radical (unpaired) electrons. The van der Waals surface area contributed by atoms with Crippen LogP contribution in [0.5, 0.6) is 17.2 Å². The summed E-state index contributed by atoms with van der Waals surface area (Å²) in [6.07, 6.45) is 0.452. The predicted octanol–water partition coefficient (Wildman–Crippen LogP) is -1.08. The summed E-state index contributed by atoms with van der Waals surface area (Å²) in [5, 5.41) is 0. The molecule has 0 atom stereocenters. The number of hydrogen-bond donors (Lipinski definition) is 3. The fraction of sp³-hybridized carbons (Fsp3) is 0.286. The van der Waals surface area contributed by atoms with E-state index < -0.39 is 0 Å². The SMILES string of the molecule is COc1cc(Cc2c(N)nc(=S)[nH]c2N)cc(OC)c1OC.[K+]. The van der Waals surface area contributed by atoms with Crippen LogP contribution in [0.4, 0.5) is 11.6 Å². The van der Waals surface area contributed by atoms with Gasteiger partial charge in [-0.3, -0.25) is 0 Å². The summed E-state index contributed by atoms with van der Waals surface area (Å²) in [6, 6.07) is 3.67. The molecule has 7 nitrogen and oxygen atoms in total. The van der Waals surface area contributed by atoms with Gasteiger partial charge in [0.15, 0.2) is 16.3 Å². The number of H-pyrrole nitrogens is 1. The van der Waals surface area contributed by atoms with Crippen molar-refractivity contribution in [3.8, 4) is 17.2 Å². The monoisotopic (exact) mass is 361 g/mol. The Balaban J connectivity index is 0.00000264. The Morgan fingerprint density at radius 1 is 1.09 bits per heavy atom. The van der Waals surface area contributed by atoms with Crippen LogP contribution in [0, 0.1) is 4.77 Å². The normalized spacial score (nSPS) is 9.87. The van der Waals surface area contributed by atoms with E-state index in [0.29, 0.717) is 40.9 Å². The van der Waals surface area contributed by atoms with E-state index >= 15 is 0 Å². The maximum atomic E-state index is 5.94. The topological polar surface area (TPSA) is 108 Å². The van der Waals surface area contributed by atoms with Crippen LogP contribution < -0.4 is 77.1 Å². The smallest absolute Gasteiger partial charge is 0.493 e. The van der Waals surface area contributed by atoms with E-state index in [2.05, 4.69) is 9.97 Å². The zero-order valence-corrected chi connectivity index (χ0v) is 17.5. The Labute approximate surface area is 182 Å². The van der Waals surface area contributed by atoms with Gasteiger partial charge < -0.3 is 30.7 Å². The second-order valence-corrected chi connectivity index (χ2v) is 4.92. The van der Waals surface area contributed by atoms with E-state index in [1.807, 2.05) is 12.1 Å². The van der Waals surface area contributed by atoms with E-state index in [1.54, 1.807) is 21.3 Å². The molecular weight excluding hydrogens is 343 g/mol. The molecule has 9 heteroatoms. The summed E-state index contributed by atoms with van der Waals surface area (Å²) >= 11 is 4.94. The minimum Gasteiger partial charge on any atom is -0.493 e. The van der Waals surface area contributed by atoms with Gasteiger partial charge in [0.2, 0.25) is 5.75 Å². The zero-order chi connectivity index (χ0) is 16.3. The molecule has 0 bridgehead atoms. The average Bonchev–Trinajstić information content (AvgIpc) is 2.49. The van der Waals surface area contributed by atoms with Gasteiger partial charge in [0, 0.05) is 12.0 Å². The molecule has 5 N–H and O–H groups in total. The van der Waals surface area contributed by atoms with Gasteiger partial charge in [-0.05, 0) is 29.9 Å². The summed E-state index contributed by atoms with van der Waals surface area (Å²) in [6.45, 7) is 0. The summed E-state index contributed by atoms with van der Waals surface area (Å²) in [5.41, 5.74) is 13.4. The fourth-order valence-electron chi connectivity index (χ4n) is 2.16. The van der Waals surface area contributed by atoms with Crippen LogP contribution in [0.1, 0.15) is 11.1 Å². The molecule has 0 spiro atoms. The number of rotatable bonds is 5. The predicted molar refractivity (Wildman–Crippen MR) is 87.2 cm³/mol. The third-order valence-corrected chi connectivity index (χ3v) is 3.40. The second-order valence-electron chi connectivity index (χ2n) is 4.53. The Morgan fingerprint density at radius 3 is 2.09 bits per heavy atom. The number of ether oxygens (including phenoxy) is 3. The summed E-state index contributed by atoms with van der Waals surface area (Å²) in [5.74, 6) is 2.35. The van der Waals surface area contributed by atoms with Crippen molar-refractivity contribution in [2.45, 2.75) is 6.42 Å². The third kappa shape index (κ3) is 4.58. The van der Waals surface area contributed by atoms with Crippen molar-refractivity contribution in [2.75, 3.05) is 32.8 Å². The molecule has 0 aliphatic carbocycles. The number of nitrogens with zero attached hydrogens (tertiary/aromatic N) is 1. The maximum absolute atomic E-state index is 5.94. The molecule has 2 rings (SSSR count). The zero-order valence-electron chi connectivity index (χ0n) is 13.6.